The molecule has 0 bridgehead atoms. The number of hydrogen-bond donors (Lipinski definition) is 0. The van der Waals surface area contributed by atoms with Gasteiger partial charge in [0.05, 0.1) is 0 Å². The normalized spacial score (nSPS) is 14.6. The minimum absolute atomic E-state index is 0.0114. The molecule has 0 spiro atoms. The highest BCUT2D eigenvalue weighted by molar-refractivity contribution is 6.11. The van der Waals surface area contributed by atoms with E-state index in [0.717, 1.165) is 50.7 Å². The van der Waals surface area contributed by atoms with Gasteiger partial charge in [0.2, 0.25) is 0 Å². The van der Waals surface area contributed by atoms with Crippen molar-refractivity contribution in [1.29, 1.82) is 0 Å². The van der Waals surface area contributed by atoms with Crippen LogP contribution in [0.5, 0.6) is 0 Å². The average Bonchev–Trinajstić information content (AvgIpc) is 3.54. The quantitative estimate of drug-likeness (QED) is 0.196. The third-order valence-electron chi connectivity index (χ3n) is 9.04. The fraction of sp³-hybridized carbons (Fsp3) is 0.0465. The minimum Gasteiger partial charge on any atom is -0.456 e. The molecule has 9 rings (SSSR count). The molecule has 6 aromatic carbocycles. The SMILES string of the molecule is C1=CC(c2nc(-c3ccc4ccccc4c3)nc(-c3cccc4oc5ccccc5c34)n2)CC=C1c1cccc(-c2ccccc2)c1. The van der Waals surface area contributed by atoms with Crippen LogP contribution in [0.15, 0.2) is 162 Å². The van der Waals surface area contributed by atoms with Crippen LogP contribution in [0.4, 0.5) is 0 Å². The summed E-state index contributed by atoms with van der Waals surface area (Å²) in [6, 6.07) is 48.3. The Labute approximate surface area is 272 Å². The molecule has 0 aliphatic heterocycles. The summed E-state index contributed by atoms with van der Waals surface area (Å²) in [6.45, 7) is 0. The summed E-state index contributed by atoms with van der Waals surface area (Å²) in [6.07, 6.45) is 7.54. The summed E-state index contributed by atoms with van der Waals surface area (Å²) < 4.78 is 6.22. The van der Waals surface area contributed by atoms with Gasteiger partial charge in [0.1, 0.15) is 17.0 Å². The van der Waals surface area contributed by atoms with E-state index in [2.05, 4.69) is 127 Å². The molecule has 0 N–H and O–H groups in total. The topological polar surface area (TPSA) is 51.8 Å². The molecule has 4 heteroatoms. The van der Waals surface area contributed by atoms with Crippen molar-refractivity contribution in [2.75, 3.05) is 0 Å². The van der Waals surface area contributed by atoms with E-state index in [1.807, 2.05) is 30.3 Å². The maximum atomic E-state index is 6.22. The first-order valence-corrected chi connectivity index (χ1v) is 16.0. The van der Waals surface area contributed by atoms with E-state index in [0.29, 0.717) is 11.6 Å². The molecule has 222 valence electrons. The van der Waals surface area contributed by atoms with Crippen molar-refractivity contribution < 1.29 is 4.42 Å². The zero-order chi connectivity index (χ0) is 31.2. The molecule has 2 heterocycles. The van der Waals surface area contributed by atoms with Crippen LogP contribution in [0, 0.1) is 0 Å². The highest BCUT2D eigenvalue weighted by Gasteiger charge is 2.21. The zero-order valence-electron chi connectivity index (χ0n) is 25.5. The summed E-state index contributed by atoms with van der Waals surface area (Å²) in [5.74, 6) is 2.08. The second kappa shape index (κ2) is 11.3. The van der Waals surface area contributed by atoms with E-state index in [4.69, 9.17) is 19.4 Å². The van der Waals surface area contributed by atoms with Crippen LogP contribution in [0.25, 0.3) is 72.2 Å². The molecular weight excluding hydrogens is 574 g/mol. The molecular formula is C43H29N3O. The summed E-state index contributed by atoms with van der Waals surface area (Å²) in [7, 11) is 0. The highest BCUT2D eigenvalue weighted by Crippen LogP contribution is 2.37. The van der Waals surface area contributed by atoms with Crippen molar-refractivity contribution in [3.05, 3.63) is 169 Å². The third kappa shape index (κ3) is 5.01. The van der Waals surface area contributed by atoms with Gasteiger partial charge in [-0.25, -0.2) is 15.0 Å². The summed E-state index contributed by atoms with van der Waals surface area (Å²) in [5.41, 5.74) is 8.41. The smallest absolute Gasteiger partial charge is 0.164 e. The second-order valence-corrected chi connectivity index (χ2v) is 12.0. The molecule has 0 saturated carbocycles. The molecule has 0 radical (unpaired) electrons. The summed E-state index contributed by atoms with van der Waals surface area (Å²) in [5, 5.41) is 4.41. The Kier molecular flexibility index (Phi) is 6.57. The first-order valence-electron chi connectivity index (χ1n) is 16.0. The molecule has 1 aliphatic carbocycles. The van der Waals surface area contributed by atoms with Gasteiger partial charge in [0, 0.05) is 27.8 Å². The van der Waals surface area contributed by atoms with Crippen molar-refractivity contribution >= 4 is 38.3 Å². The number of hydrogen-bond acceptors (Lipinski definition) is 4. The minimum atomic E-state index is 0.0114. The van der Waals surface area contributed by atoms with Crippen LogP contribution < -0.4 is 0 Å². The number of fused-ring (bicyclic) bond motifs is 4. The molecule has 1 aliphatic rings. The maximum absolute atomic E-state index is 6.22. The van der Waals surface area contributed by atoms with Crippen molar-refractivity contribution in [3.8, 4) is 33.9 Å². The molecule has 0 saturated heterocycles. The lowest BCUT2D eigenvalue weighted by Gasteiger charge is -2.17. The van der Waals surface area contributed by atoms with Gasteiger partial charge < -0.3 is 4.42 Å². The standard InChI is InChI=1S/C43H29N3O/c1-2-10-28(11-3-1)33-14-8-15-34(26-33)30-20-23-31(24-21-30)41-44-42(35-25-22-29-12-4-5-13-32(29)27-35)46-43(45-41)37-17-9-19-39-40(37)36-16-6-7-18-38(36)47-39/h1-23,25-27,31H,24H2. The predicted octanol–water partition coefficient (Wildman–Crippen LogP) is 11.1. The lowest BCUT2D eigenvalue weighted by Crippen LogP contribution is -2.08. The molecule has 1 unspecified atom stereocenters. The number of aromatic nitrogens is 3. The first kappa shape index (κ1) is 27.2. The fourth-order valence-electron chi connectivity index (χ4n) is 6.63. The largest absolute Gasteiger partial charge is 0.456 e. The molecule has 8 aromatic rings. The van der Waals surface area contributed by atoms with E-state index >= 15 is 0 Å². The molecule has 0 amide bonds. The van der Waals surface area contributed by atoms with Crippen LogP contribution >= 0.6 is 0 Å². The Hall–Kier alpha value is -6.13. The molecule has 47 heavy (non-hydrogen) atoms. The summed E-state index contributed by atoms with van der Waals surface area (Å²) in [4.78, 5) is 15.4. The first-order chi connectivity index (χ1) is 23.3. The number of furan rings is 1. The van der Waals surface area contributed by atoms with E-state index in [1.54, 1.807) is 0 Å². The lowest BCUT2D eigenvalue weighted by molar-refractivity contribution is 0.669. The lowest BCUT2D eigenvalue weighted by atomic mass is 9.91. The predicted molar refractivity (Wildman–Crippen MR) is 192 cm³/mol. The molecule has 0 fully saturated rings. The number of para-hydroxylation sites is 1. The Morgan fingerprint density at radius 1 is 0.532 bits per heavy atom. The van der Waals surface area contributed by atoms with Crippen LogP contribution in [0.3, 0.4) is 0 Å². The Balaban J connectivity index is 1.14. The van der Waals surface area contributed by atoms with E-state index in [1.165, 1.54) is 27.6 Å². The fourth-order valence-corrected chi connectivity index (χ4v) is 6.63. The summed E-state index contributed by atoms with van der Waals surface area (Å²) >= 11 is 0. The Bertz CT molecular complexity index is 2510. The van der Waals surface area contributed by atoms with Gasteiger partial charge in [-0.15, -0.1) is 0 Å². The third-order valence-corrected chi connectivity index (χ3v) is 9.04. The molecule has 1 atom stereocenters. The zero-order valence-corrected chi connectivity index (χ0v) is 25.5. The Morgan fingerprint density at radius 2 is 1.28 bits per heavy atom. The van der Waals surface area contributed by atoms with Crippen LogP contribution in [0.2, 0.25) is 0 Å². The van der Waals surface area contributed by atoms with Gasteiger partial charge in [0.15, 0.2) is 11.6 Å². The average molecular weight is 604 g/mol. The van der Waals surface area contributed by atoms with Crippen LogP contribution in [0.1, 0.15) is 23.7 Å². The van der Waals surface area contributed by atoms with Gasteiger partial charge in [-0.2, -0.15) is 0 Å². The van der Waals surface area contributed by atoms with Crippen molar-refractivity contribution in [3.63, 3.8) is 0 Å². The van der Waals surface area contributed by atoms with E-state index in [-0.39, 0.29) is 5.92 Å². The molecule has 4 nitrogen and oxygen atoms in total. The van der Waals surface area contributed by atoms with Gasteiger partial charge >= 0.3 is 0 Å². The number of rotatable bonds is 5. The van der Waals surface area contributed by atoms with E-state index in [9.17, 15) is 0 Å². The van der Waals surface area contributed by atoms with Gasteiger partial charge in [-0.1, -0.05) is 133 Å². The highest BCUT2D eigenvalue weighted by atomic mass is 16.3. The monoisotopic (exact) mass is 603 g/mol. The number of benzene rings is 6. The number of allylic oxidation sites excluding steroid dienone is 4. The maximum Gasteiger partial charge on any atom is 0.164 e. The van der Waals surface area contributed by atoms with Gasteiger partial charge in [-0.3, -0.25) is 0 Å². The van der Waals surface area contributed by atoms with Crippen molar-refractivity contribution in [1.82, 2.24) is 15.0 Å². The van der Waals surface area contributed by atoms with Crippen molar-refractivity contribution in [2.24, 2.45) is 0 Å². The number of nitrogens with zero attached hydrogens (tertiary/aromatic N) is 3. The molecule has 2 aromatic heterocycles. The van der Waals surface area contributed by atoms with Crippen LogP contribution in [-0.2, 0) is 0 Å². The van der Waals surface area contributed by atoms with Crippen LogP contribution in [-0.4, -0.2) is 15.0 Å². The van der Waals surface area contributed by atoms with E-state index < -0.39 is 0 Å². The van der Waals surface area contributed by atoms with Gasteiger partial charge in [0.25, 0.3) is 0 Å². The van der Waals surface area contributed by atoms with Crippen molar-refractivity contribution in [2.45, 2.75) is 12.3 Å². The Morgan fingerprint density at radius 3 is 2.17 bits per heavy atom. The second-order valence-electron chi connectivity index (χ2n) is 12.0. The van der Waals surface area contributed by atoms with Gasteiger partial charge in [-0.05, 0) is 63.7 Å².